The molecule has 2 fully saturated rings. The number of nitrogens with two attached hydrogens (primary N) is 2. The van der Waals surface area contributed by atoms with Gasteiger partial charge in [0.25, 0.3) is 0 Å². The topological polar surface area (TPSA) is 72.3 Å². The van der Waals surface area contributed by atoms with Crippen molar-refractivity contribution in [3.63, 3.8) is 0 Å². The van der Waals surface area contributed by atoms with E-state index in [0.29, 0.717) is 18.3 Å². The summed E-state index contributed by atoms with van der Waals surface area (Å²) in [5.74, 6) is 1.56. The van der Waals surface area contributed by atoms with Crippen LogP contribution in [0.3, 0.4) is 0 Å². The van der Waals surface area contributed by atoms with Crippen LogP contribution < -0.4 is 11.5 Å². The molecule has 16 heavy (non-hydrogen) atoms. The highest BCUT2D eigenvalue weighted by Gasteiger charge is 2.30. The predicted molar refractivity (Wildman–Crippen MR) is 63.7 cm³/mol. The molecule has 0 spiro atoms. The van der Waals surface area contributed by atoms with Gasteiger partial charge >= 0.3 is 0 Å². The fraction of sp³-hybridized carbons (Fsp3) is 0.917. The van der Waals surface area contributed by atoms with Crippen LogP contribution in [0.25, 0.3) is 0 Å². The van der Waals surface area contributed by atoms with Crippen molar-refractivity contribution < 1.29 is 4.79 Å². The molecule has 0 aromatic rings. The van der Waals surface area contributed by atoms with Crippen LogP contribution in [-0.2, 0) is 4.79 Å². The van der Waals surface area contributed by atoms with Gasteiger partial charge in [-0.1, -0.05) is 6.42 Å². The molecular weight excluding hydrogens is 202 g/mol. The number of rotatable bonds is 3. The summed E-state index contributed by atoms with van der Waals surface area (Å²) in [5.41, 5.74) is 11.5. The Morgan fingerprint density at radius 1 is 1.31 bits per heavy atom. The van der Waals surface area contributed by atoms with E-state index in [9.17, 15) is 4.79 Å². The van der Waals surface area contributed by atoms with Gasteiger partial charge in [0.05, 0.1) is 0 Å². The number of hydrogen-bond donors (Lipinski definition) is 2. The minimum absolute atomic E-state index is 0.0568. The van der Waals surface area contributed by atoms with Crippen LogP contribution in [0.15, 0.2) is 0 Å². The van der Waals surface area contributed by atoms with Gasteiger partial charge in [0.2, 0.25) is 5.91 Å². The van der Waals surface area contributed by atoms with Crippen LogP contribution in [0.4, 0.5) is 0 Å². The summed E-state index contributed by atoms with van der Waals surface area (Å²) in [7, 11) is 0. The Balaban J connectivity index is 1.82. The molecule has 1 saturated carbocycles. The zero-order valence-corrected chi connectivity index (χ0v) is 9.90. The molecule has 1 unspecified atom stereocenters. The molecule has 0 bridgehead atoms. The van der Waals surface area contributed by atoms with Crippen LogP contribution in [0, 0.1) is 11.8 Å². The Kier molecular flexibility index (Phi) is 3.82. The maximum atomic E-state index is 11.6. The third-order valence-corrected chi connectivity index (χ3v) is 3.95. The Morgan fingerprint density at radius 2 is 2.06 bits per heavy atom. The van der Waals surface area contributed by atoms with Crippen molar-refractivity contribution in [3.05, 3.63) is 0 Å². The van der Waals surface area contributed by atoms with Crippen LogP contribution in [-0.4, -0.2) is 36.5 Å². The monoisotopic (exact) mass is 225 g/mol. The lowest BCUT2D eigenvalue weighted by Crippen LogP contribution is -2.35. The van der Waals surface area contributed by atoms with E-state index in [1.54, 1.807) is 0 Å². The summed E-state index contributed by atoms with van der Waals surface area (Å²) in [6.45, 7) is 2.45. The average molecular weight is 225 g/mol. The van der Waals surface area contributed by atoms with Gasteiger partial charge in [-0.05, 0) is 37.6 Å². The van der Waals surface area contributed by atoms with Gasteiger partial charge in [-0.3, -0.25) is 4.79 Å². The van der Waals surface area contributed by atoms with Gasteiger partial charge in [0.1, 0.15) is 0 Å². The normalized spacial score (nSPS) is 35.8. The van der Waals surface area contributed by atoms with E-state index in [0.717, 1.165) is 19.6 Å². The zero-order chi connectivity index (χ0) is 11.5. The molecule has 0 radical (unpaired) electrons. The lowest BCUT2D eigenvalue weighted by molar-refractivity contribution is -0.128. The van der Waals surface area contributed by atoms with Crippen molar-refractivity contribution >= 4 is 5.91 Å². The molecule has 2 aliphatic rings. The number of amides is 1. The van der Waals surface area contributed by atoms with E-state index in [-0.39, 0.29) is 11.9 Å². The summed E-state index contributed by atoms with van der Waals surface area (Å²) >= 11 is 0. The fourth-order valence-corrected chi connectivity index (χ4v) is 3.07. The molecule has 1 saturated heterocycles. The summed E-state index contributed by atoms with van der Waals surface area (Å²) in [5, 5.41) is 0. The number of carbonyl (C=O) groups excluding carboxylic acids is 1. The molecule has 1 aliphatic carbocycles. The first-order valence-corrected chi connectivity index (χ1v) is 6.42. The minimum Gasteiger partial charge on any atom is -0.341 e. The molecule has 1 aliphatic heterocycles. The van der Waals surface area contributed by atoms with Crippen molar-refractivity contribution in [3.8, 4) is 0 Å². The van der Waals surface area contributed by atoms with Crippen molar-refractivity contribution in [2.24, 2.45) is 23.3 Å². The summed E-state index contributed by atoms with van der Waals surface area (Å²) in [6.07, 6.45) is 5.50. The maximum absolute atomic E-state index is 11.6. The molecule has 4 heteroatoms. The number of likely N-dealkylation sites (tertiary alicyclic amines) is 1. The summed E-state index contributed by atoms with van der Waals surface area (Å²) in [4.78, 5) is 13.6. The minimum atomic E-state index is 0.0568. The summed E-state index contributed by atoms with van der Waals surface area (Å²) in [6, 6.07) is 0.0568. The quantitative estimate of drug-likeness (QED) is 0.726. The summed E-state index contributed by atoms with van der Waals surface area (Å²) < 4.78 is 0. The highest BCUT2D eigenvalue weighted by Crippen LogP contribution is 2.29. The average Bonchev–Trinajstić information content (AvgIpc) is 2.58. The lowest BCUT2D eigenvalue weighted by Gasteiger charge is -2.31. The third kappa shape index (κ3) is 2.74. The van der Waals surface area contributed by atoms with Crippen LogP contribution >= 0.6 is 0 Å². The molecule has 0 aromatic heterocycles. The van der Waals surface area contributed by atoms with Crippen molar-refractivity contribution in [1.82, 2.24) is 4.90 Å². The second kappa shape index (κ2) is 5.15. The van der Waals surface area contributed by atoms with E-state index >= 15 is 0 Å². The van der Waals surface area contributed by atoms with E-state index < -0.39 is 0 Å². The standard InChI is InChI=1S/C12H23N3O/c13-6-9-2-1-3-10(4-9)7-15-8-11(14)5-12(15)16/h9-11H,1-8,13-14H2/t9-,10+,11?/m1/s1. The molecule has 1 amide bonds. The Bertz CT molecular complexity index is 257. The second-order valence-electron chi connectivity index (χ2n) is 5.40. The SMILES string of the molecule is NC[C@@H]1CCC[C@H](CN2CC(N)CC2=O)C1. The van der Waals surface area contributed by atoms with E-state index in [1.807, 2.05) is 4.90 Å². The zero-order valence-electron chi connectivity index (χ0n) is 9.90. The number of carbonyl (C=O) groups is 1. The fourth-order valence-electron chi connectivity index (χ4n) is 3.07. The molecule has 3 atom stereocenters. The lowest BCUT2D eigenvalue weighted by atomic mass is 9.81. The molecule has 92 valence electrons. The van der Waals surface area contributed by atoms with Gasteiger partial charge in [-0.25, -0.2) is 0 Å². The Hall–Kier alpha value is -0.610. The van der Waals surface area contributed by atoms with Crippen LogP contribution in [0.2, 0.25) is 0 Å². The highest BCUT2D eigenvalue weighted by atomic mass is 16.2. The molecule has 1 heterocycles. The highest BCUT2D eigenvalue weighted by molar-refractivity contribution is 5.79. The first-order valence-electron chi connectivity index (χ1n) is 6.42. The van der Waals surface area contributed by atoms with E-state index in [4.69, 9.17) is 11.5 Å². The third-order valence-electron chi connectivity index (χ3n) is 3.95. The maximum Gasteiger partial charge on any atom is 0.224 e. The van der Waals surface area contributed by atoms with Gasteiger partial charge in [0, 0.05) is 25.6 Å². The predicted octanol–water partition coefficient (Wildman–Crippen LogP) is 0.311. The molecule has 4 nitrogen and oxygen atoms in total. The molecule has 0 aromatic carbocycles. The first-order chi connectivity index (χ1) is 7.69. The number of hydrogen-bond acceptors (Lipinski definition) is 3. The van der Waals surface area contributed by atoms with E-state index in [1.165, 1.54) is 25.7 Å². The van der Waals surface area contributed by atoms with Gasteiger partial charge in [0.15, 0.2) is 0 Å². The second-order valence-corrected chi connectivity index (χ2v) is 5.40. The van der Waals surface area contributed by atoms with Crippen molar-refractivity contribution in [2.45, 2.75) is 38.1 Å². The van der Waals surface area contributed by atoms with Gasteiger partial charge in [-0.2, -0.15) is 0 Å². The molecular formula is C12H23N3O. The van der Waals surface area contributed by atoms with Crippen LogP contribution in [0.1, 0.15) is 32.1 Å². The van der Waals surface area contributed by atoms with Crippen molar-refractivity contribution in [2.75, 3.05) is 19.6 Å². The molecule has 2 rings (SSSR count). The first kappa shape index (κ1) is 11.9. The van der Waals surface area contributed by atoms with Crippen molar-refractivity contribution in [1.29, 1.82) is 0 Å². The molecule has 4 N–H and O–H groups in total. The van der Waals surface area contributed by atoms with Crippen LogP contribution in [0.5, 0.6) is 0 Å². The van der Waals surface area contributed by atoms with E-state index in [2.05, 4.69) is 0 Å². The smallest absolute Gasteiger partial charge is 0.224 e. The Labute approximate surface area is 97.3 Å². The Morgan fingerprint density at radius 3 is 2.69 bits per heavy atom. The largest absolute Gasteiger partial charge is 0.341 e. The number of nitrogens with zero attached hydrogens (tertiary/aromatic N) is 1. The van der Waals surface area contributed by atoms with Gasteiger partial charge in [-0.15, -0.1) is 0 Å². The van der Waals surface area contributed by atoms with Gasteiger partial charge < -0.3 is 16.4 Å².